The van der Waals surface area contributed by atoms with Crippen LogP contribution in [0, 0.1) is 6.92 Å². The van der Waals surface area contributed by atoms with Gasteiger partial charge in [-0.3, -0.25) is 0 Å². The smallest absolute Gasteiger partial charge is 0.168 e. The number of benzene rings is 2. The van der Waals surface area contributed by atoms with Gasteiger partial charge in [0.15, 0.2) is 5.79 Å². The molecular weight excluding hydrogens is 344 g/mol. The van der Waals surface area contributed by atoms with Crippen molar-refractivity contribution in [2.75, 3.05) is 13.2 Å². The topological polar surface area (TPSA) is 18.5 Å². The molecule has 0 N–H and O–H groups in total. The van der Waals surface area contributed by atoms with Gasteiger partial charge in [0, 0.05) is 23.3 Å². The molecule has 2 aliphatic carbocycles. The van der Waals surface area contributed by atoms with Crippen LogP contribution in [0.1, 0.15) is 47.9 Å². The first-order valence-electron chi connectivity index (χ1n) is 9.48. The van der Waals surface area contributed by atoms with E-state index in [0.717, 1.165) is 49.5 Å². The Morgan fingerprint density at radius 2 is 1.65 bits per heavy atom. The van der Waals surface area contributed by atoms with Gasteiger partial charge >= 0.3 is 0 Å². The number of ether oxygens (including phenoxy) is 2. The highest BCUT2D eigenvalue weighted by Gasteiger charge is 2.50. The van der Waals surface area contributed by atoms with E-state index in [2.05, 4.69) is 55.5 Å². The molecule has 0 bridgehead atoms. The van der Waals surface area contributed by atoms with Gasteiger partial charge in [0.1, 0.15) is 0 Å². The Morgan fingerprint density at radius 1 is 0.923 bits per heavy atom. The van der Waals surface area contributed by atoms with E-state index in [4.69, 9.17) is 21.1 Å². The minimum absolute atomic E-state index is 0.0374. The summed E-state index contributed by atoms with van der Waals surface area (Å²) in [5, 5.41) is 0.837. The van der Waals surface area contributed by atoms with Crippen LogP contribution in [0.2, 0.25) is 5.02 Å². The summed E-state index contributed by atoms with van der Waals surface area (Å²) >= 11 is 6.46. The SMILES string of the molecule is Cc1ccc(C2=Cc3ccccc3C23CCC2(CC3)OCCO2)cc1Cl. The second-order valence-electron chi connectivity index (χ2n) is 7.80. The first-order valence-corrected chi connectivity index (χ1v) is 9.86. The van der Waals surface area contributed by atoms with Gasteiger partial charge in [-0.05, 0) is 59.7 Å². The Bertz CT molecular complexity index is 883. The molecule has 2 aromatic rings. The zero-order chi connectivity index (χ0) is 17.8. The number of aryl methyl sites for hydroxylation is 1. The molecule has 2 nitrogen and oxygen atoms in total. The number of hydrogen-bond donors (Lipinski definition) is 0. The molecule has 2 aromatic carbocycles. The molecule has 1 heterocycles. The Kier molecular flexibility index (Phi) is 3.79. The van der Waals surface area contributed by atoms with Gasteiger partial charge in [0.2, 0.25) is 0 Å². The van der Waals surface area contributed by atoms with Gasteiger partial charge in [0.05, 0.1) is 13.2 Å². The molecule has 5 rings (SSSR count). The number of rotatable bonds is 1. The van der Waals surface area contributed by atoms with Gasteiger partial charge < -0.3 is 9.47 Å². The molecule has 0 atom stereocenters. The molecule has 26 heavy (non-hydrogen) atoms. The highest BCUT2D eigenvalue weighted by molar-refractivity contribution is 6.31. The molecule has 0 unspecified atom stereocenters. The predicted molar refractivity (Wildman–Crippen MR) is 105 cm³/mol. The fourth-order valence-corrected chi connectivity index (χ4v) is 5.18. The Balaban J connectivity index is 1.59. The largest absolute Gasteiger partial charge is 0.348 e. The van der Waals surface area contributed by atoms with Gasteiger partial charge in [0.25, 0.3) is 0 Å². The fourth-order valence-electron chi connectivity index (χ4n) is 5.00. The van der Waals surface area contributed by atoms with Crippen LogP contribution in [0.3, 0.4) is 0 Å². The molecule has 134 valence electrons. The van der Waals surface area contributed by atoms with Crippen molar-refractivity contribution in [2.45, 2.75) is 43.8 Å². The molecular formula is C23H23ClO2. The van der Waals surface area contributed by atoms with E-state index in [1.165, 1.54) is 22.3 Å². The van der Waals surface area contributed by atoms with Gasteiger partial charge in [-0.15, -0.1) is 0 Å². The molecule has 1 saturated carbocycles. The summed E-state index contributed by atoms with van der Waals surface area (Å²) in [7, 11) is 0. The fraction of sp³-hybridized carbons (Fsp3) is 0.391. The third-order valence-corrected chi connectivity index (χ3v) is 6.86. The van der Waals surface area contributed by atoms with E-state index in [1.807, 2.05) is 0 Å². The Morgan fingerprint density at radius 3 is 2.38 bits per heavy atom. The third kappa shape index (κ3) is 2.40. The van der Waals surface area contributed by atoms with Crippen LogP contribution in [0.25, 0.3) is 11.6 Å². The van der Waals surface area contributed by atoms with Crippen molar-refractivity contribution >= 4 is 23.3 Å². The van der Waals surface area contributed by atoms with Crippen LogP contribution in [-0.2, 0) is 14.9 Å². The highest BCUT2D eigenvalue weighted by atomic mass is 35.5. The van der Waals surface area contributed by atoms with Gasteiger partial charge in [-0.1, -0.05) is 48.0 Å². The van der Waals surface area contributed by atoms with Crippen molar-refractivity contribution in [1.82, 2.24) is 0 Å². The van der Waals surface area contributed by atoms with E-state index in [1.54, 1.807) is 0 Å². The highest BCUT2D eigenvalue weighted by Crippen LogP contribution is 2.57. The predicted octanol–water partition coefficient (Wildman–Crippen LogP) is 5.76. The van der Waals surface area contributed by atoms with E-state index >= 15 is 0 Å². The summed E-state index contributed by atoms with van der Waals surface area (Å²) < 4.78 is 12.0. The molecule has 0 amide bonds. The standard InChI is InChI=1S/C23H23ClO2/c1-16-6-7-18(15-21(16)24)20-14-17-4-2-3-5-19(17)22(20)8-10-23(11-9-22)25-12-13-26-23/h2-7,14-15H,8-13H2,1H3. The molecule has 2 fully saturated rings. The average Bonchev–Trinajstić information content (AvgIpc) is 3.24. The molecule has 2 spiro atoms. The molecule has 0 radical (unpaired) electrons. The lowest BCUT2D eigenvalue weighted by molar-refractivity contribution is -0.182. The van der Waals surface area contributed by atoms with Crippen molar-refractivity contribution in [3.05, 3.63) is 69.7 Å². The van der Waals surface area contributed by atoms with Gasteiger partial charge in [-0.25, -0.2) is 0 Å². The normalized spacial score (nSPS) is 22.6. The van der Waals surface area contributed by atoms with Crippen LogP contribution < -0.4 is 0 Å². The van der Waals surface area contributed by atoms with Crippen LogP contribution in [0.15, 0.2) is 42.5 Å². The van der Waals surface area contributed by atoms with E-state index in [9.17, 15) is 0 Å². The minimum Gasteiger partial charge on any atom is -0.348 e. The lowest BCUT2D eigenvalue weighted by Crippen LogP contribution is -2.42. The monoisotopic (exact) mass is 366 g/mol. The number of allylic oxidation sites excluding steroid dienone is 1. The maximum absolute atomic E-state index is 6.46. The summed E-state index contributed by atoms with van der Waals surface area (Å²) in [6, 6.07) is 15.3. The summed E-state index contributed by atoms with van der Waals surface area (Å²) in [4.78, 5) is 0. The summed E-state index contributed by atoms with van der Waals surface area (Å²) in [6.45, 7) is 3.50. The molecule has 1 saturated heterocycles. The first kappa shape index (κ1) is 16.6. The van der Waals surface area contributed by atoms with E-state index < -0.39 is 0 Å². The minimum atomic E-state index is -0.348. The number of hydrogen-bond acceptors (Lipinski definition) is 2. The Labute approximate surface area is 159 Å². The van der Waals surface area contributed by atoms with E-state index in [-0.39, 0.29) is 11.2 Å². The number of fused-ring (bicyclic) bond motifs is 2. The zero-order valence-corrected chi connectivity index (χ0v) is 15.8. The lowest BCUT2D eigenvalue weighted by Gasteiger charge is -2.44. The zero-order valence-electron chi connectivity index (χ0n) is 15.1. The maximum atomic E-state index is 6.46. The van der Waals surface area contributed by atoms with Crippen LogP contribution in [0.5, 0.6) is 0 Å². The number of halogens is 1. The van der Waals surface area contributed by atoms with Crippen molar-refractivity contribution in [2.24, 2.45) is 0 Å². The second-order valence-corrected chi connectivity index (χ2v) is 8.21. The first-order chi connectivity index (χ1) is 12.6. The summed E-state index contributed by atoms with van der Waals surface area (Å²) in [5.74, 6) is -0.348. The van der Waals surface area contributed by atoms with Crippen LogP contribution in [0.4, 0.5) is 0 Å². The summed E-state index contributed by atoms with van der Waals surface area (Å²) in [5.41, 5.74) is 6.57. The lowest BCUT2D eigenvalue weighted by atomic mass is 9.64. The quantitative estimate of drug-likeness (QED) is 0.639. The Hall–Kier alpha value is -1.61. The van der Waals surface area contributed by atoms with Gasteiger partial charge in [-0.2, -0.15) is 0 Å². The van der Waals surface area contributed by atoms with Crippen molar-refractivity contribution < 1.29 is 9.47 Å². The van der Waals surface area contributed by atoms with Crippen molar-refractivity contribution in [1.29, 1.82) is 0 Å². The molecule has 3 aliphatic rings. The van der Waals surface area contributed by atoms with Crippen LogP contribution in [-0.4, -0.2) is 19.0 Å². The van der Waals surface area contributed by atoms with Crippen molar-refractivity contribution in [3.63, 3.8) is 0 Å². The van der Waals surface area contributed by atoms with E-state index in [0.29, 0.717) is 0 Å². The summed E-state index contributed by atoms with van der Waals surface area (Å²) in [6.07, 6.45) is 6.34. The molecule has 0 aromatic heterocycles. The molecule has 1 aliphatic heterocycles. The third-order valence-electron chi connectivity index (χ3n) is 6.45. The average molecular weight is 367 g/mol. The van der Waals surface area contributed by atoms with Crippen LogP contribution >= 0.6 is 11.6 Å². The molecule has 3 heteroatoms. The van der Waals surface area contributed by atoms with Crippen molar-refractivity contribution in [3.8, 4) is 0 Å². The maximum Gasteiger partial charge on any atom is 0.168 e. The second kappa shape index (κ2) is 5.95.